The van der Waals surface area contributed by atoms with Crippen LogP contribution in [0.1, 0.15) is 38.7 Å². The summed E-state index contributed by atoms with van der Waals surface area (Å²) < 4.78 is 43.8. The first kappa shape index (κ1) is 18.5. The molecule has 1 aromatic rings. The minimum absolute atomic E-state index is 0.0124. The van der Waals surface area contributed by atoms with Crippen LogP contribution in [0.25, 0.3) is 0 Å². The number of benzene rings is 1. The number of rotatable bonds is 8. The van der Waals surface area contributed by atoms with E-state index in [1.54, 1.807) is 0 Å². The smallest absolute Gasteiger partial charge is 0.211 e. The maximum absolute atomic E-state index is 12.0. The third-order valence-electron chi connectivity index (χ3n) is 4.42. The fourth-order valence-corrected chi connectivity index (χ4v) is 4.31. The van der Waals surface area contributed by atoms with Crippen LogP contribution in [0.5, 0.6) is 11.5 Å². The second-order valence-corrected chi connectivity index (χ2v) is 9.21. The Bertz CT molecular complexity index is 695. The molecular formula is C18H27NO5S. The van der Waals surface area contributed by atoms with Crippen LogP contribution in [0.3, 0.4) is 0 Å². The molecule has 0 spiro atoms. The highest BCUT2D eigenvalue weighted by Gasteiger charge is 2.32. The summed E-state index contributed by atoms with van der Waals surface area (Å²) in [7, 11) is -3.29. The molecule has 3 rings (SSSR count). The highest BCUT2D eigenvalue weighted by Crippen LogP contribution is 2.41. The molecule has 0 amide bonds. The maximum atomic E-state index is 12.0. The van der Waals surface area contributed by atoms with E-state index < -0.39 is 10.0 Å². The van der Waals surface area contributed by atoms with Gasteiger partial charge in [0.05, 0.1) is 18.5 Å². The van der Waals surface area contributed by atoms with Crippen LogP contribution in [-0.2, 0) is 21.2 Å². The lowest BCUT2D eigenvalue weighted by Gasteiger charge is -2.18. The van der Waals surface area contributed by atoms with Crippen molar-refractivity contribution in [3.8, 4) is 11.5 Å². The molecular weight excluding hydrogens is 342 g/mol. The van der Waals surface area contributed by atoms with Crippen LogP contribution in [0.2, 0.25) is 0 Å². The van der Waals surface area contributed by atoms with Crippen molar-refractivity contribution in [3.63, 3.8) is 0 Å². The predicted molar refractivity (Wildman–Crippen MR) is 95.7 cm³/mol. The standard InChI is InChI=1S/C18H27NO5S/c1-18(2)12-14-6-3-8-16(17(14)24-18)23-10-5-11-25(20,21)19-13-15-7-4-9-22-15/h3,6,8,15,19H,4-5,7,9-13H2,1-2H3/t15-/m0/s1. The van der Waals surface area contributed by atoms with Crippen molar-refractivity contribution in [2.45, 2.75) is 51.2 Å². The van der Waals surface area contributed by atoms with Crippen molar-refractivity contribution in [3.05, 3.63) is 23.8 Å². The van der Waals surface area contributed by atoms with Gasteiger partial charge < -0.3 is 14.2 Å². The summed E-state index contributed by atoms with van der Waals surface area (Å²) in [6.07, 6.45) is 3.20. The first-order valence-corrected chi connectivity index (χ1v) is 10.5. The summed E-state index contributed by atoms with van der Waals surface area (Å²) in [5, 5.41) is 0. The van der Waals surface area contributed by atoms with Crippen molar-refractivity contribution in [1.82, 2.24) is 4.72 Å². The average Bonchev–Trinajstić information content (AvgIpc) is 3.15. The van der Waals surface area contributed by atoms with Gasteiger partial charge in [0.15, 0.2) is 11.5 Å². The van der Waals surface area contributed by atoms with E-state index in [0.29, 0.717) is 25.3 Å². The van der Waals surface area contributed by atoms with E-state index in [0.717, 1.165) is 37.2 Å². The molecule has 2 heterocycles. The number of hydrogen-bond donors (Lipinski definition) is 1. The summed E-state index contributed by atoms with van der Waals surface area (Å²) in [6.45, 7) is 5.51. The second kappa shape index (κ2) is 7.51. The quantitative estimate of drug-likeness (QED) is 0.712. The van der Waals surface area contributed by atoms with Gasteiger partial charge in [0.1, 0.15) is 5.60 Å². The SMILES string of the molecule is CC1(C)Cc2cccc(OCCCS(=O)(=O)NC[C@@H]3CCCO3)c2O1. The number of fused-ring (bicyclic) bond motifs is 1. The van der Waals surface area contributed by atoms with Crippen LogP contribution >= 0.6 is 0 Å². The number of ether oxygens (including phenoxy) is 3. The van der Waals surface area contributed by atoms with Crippen molar-refractivity contribution in [2.75, 3.05) is 25.5 Å². The van der Waals surface area contributed by atoms with E-state index >= 15 is 0 Å². The Morgan fingerprint density at radius 3 is 2.96 bits per heavy atom. The summed E-state index contributed by atoms with van der Waals surface area (Å²) >= 11 is 0. The lowest BCUT2D eigenvalue weighted by molar-refractivity contribution is 0.114. The van der Waals surface area contributed by atoms with Crippen LogP contribution in [0, 0.1) is 0 Å². The summed E-state index contributed by atoms with van der Waals surface area (Å²) in [6, 6.07) is 5.85. The topological polar surface area (TPSA) is 73.9 Å². The minimum Gasteiger partial charge on any atom is -0.490 e. The van der Waals surface area contributed by atoms with Gasteiger partial charge in [-0.25, -0.2) is 13.1 Å². The molecule has 2 aliphatic rings. The van der Waals surface area contributed by atoms with Crippen molar-refractivity contribution >= 4 is 10.0 Å². The lowest BCUT2D eigenvalue weighted by Crippen LogP contribution is -2.33. The van der Waals surface area contributed by atoms with Gasteiger partial charge >= 0.3 is 0 Å². The van der Waals surface area contributed by atoms with Gasteiger partial charge in [-0.15, -0.1) is 0 Å². The van der Waals surface area contributed by atoms with Crippen molar-refractivity contribution < 1.29 is 22.6 Å². The molecule has 140 valence electrons. The Morgan fingerprint density at radius 1 is 1.36 bits per heavy atom. The number of para-hydroxylation sites is 1. The van der Waals surface area contributed by atoms with Crippen molar-refractivity contribution in [1.29, 1.82) is 0 Å². The average molecular weight is 369 g/mol. The first-order valence-electron chi connectivity index (χ1n) is 8.87. The summed E-state index contributed by atoms with van der Waals surface area (Å²) in [5.41, 5.74) is 0.908. The van der Waals surface area contributed by atoms with E-state index in [9.17, 15) is 8.42 Å². The van der Waals surface area contributed by atoms with Gasteiger partial charge in [-0.3, -0.25) is 0 Å². The molecule has 0 aliphatic carbocycles. The second-order valence-electron chi connectivity index (χ2n) is 7.29. The number of nitrogens with one attached hydrogen (secondary N) is 1. The zero-order valence-corrected chi connectivity index (χ0v) is 15.7. The molecule has 6 nitrogen and oxygen atoms in total. The van der Waals surface area contributed by atoms with E-state index in [-0.39, 0.29) is 17.5 Å². The minimum atomic E-state index is -3.29. The molecule has 1 aromatic carbocycles. The van der Waals surface area contributed by atoms with Gasteiger partial charge in [-0.2, -0.15) is 0 Å². The van der Waals surface area contributed by atoms with Crippen LogP contribution in [0.15, 0.2) is 18.2 Å². The number of sulfonamides is 1. The van der Waals surface area contributed by atoms with Crippen LogP contribution < -0.4 is 14.2 Å². The molecule has 0 bridgehead atoms. The lowest BCUT2D eigenvalue weighted by atomic mass is 10.0. The maximum Gasteiger partial charge on any atom is 0.211 e. The van der Waals surface area contributed by atoms with Crippen LogP contribution in [-0.4, -0.2) is 45.6 Å². The first-order chi connectivity index (χ1) is 11.8. The van der Waals surface area contributed by atoms with Gasteiger partial charge in [-0.05, 0) is 39.2 Å². The molecule has 1 atom stereocenters. The zero-order valence-electron chi connectivity index (χ0n) is 14.9. The van der Waals surface area contributed by atoms with E-state index in [2.05, 4.69) is 4.72 Å². The molecule has 7 heteroatoms. The fraction of sp³-hybridized carbons (Fsp3) is 0.667. The van der Waals surface area contributed by atoms with Gasteiger partial charge in [0.2, 0.25) is 10.0 Å². The molecule has 0 aromatic heterocycles. The van der Waals surface area contributed by atoms with Crippen molar-refractivity contribution in [2.24, 2.45) is 0 Å². The largest absolute Gasteiger partial charge is 0.490 e. The zero-order chi connectivity index (χ0) is 17.9. The van der Waals surface area contributed by atoms with E-state index in [4.69, 9.17) is 14.2 Å². The monoisotopic (exact) mass is 369 g/mol. The van der Waals surface area contributed by atoms with Crippen LogP contribution in [0.4, 0.5) is 0 Å². The van der Waals surface area contributed by atoms with Gasteiger partial charge in [-0.1, -0.05) is 12.1 Å². The Balaban J connectivity index is 1.44. The highest BCUT2D eigenvalue weighted by molar-refractivity contribution is 7.89. The third kappa shape index (κ3) is 5.09. The van der Waals surface area contributed by atoms with E-state index in [1.165, 1.54) is 0 Å². The van der Waals surface area contributed by atoms with Gasteiger partial charge in [0.25, 0.3) is 0 Å². The molecule has 0 saturated carbocycles. The Labute approximate surface area is 149 Å². The molecule has 1 N–H and O–H groups in total. The normalized spacial score (nSPS) is 21.8. The Hall–Kier alpha value is -1.31. The molecule has 0 radical (unpaired) electrons. The molecule has 1 saturated heterocycles. The molecule has 0 unspecified atom stereocenters. The third-order valence-corrected chi connectivity index (χ3v) is 5.86. The summed E-state index contributed by atoms with van der Waals surface area (Å²) in [5.74, 6) is 1.51. The fourth-order valence-electron chi connectivity index (χ4n) is 3.23. The molecule has 25 heavy (non-hydrogen) atoms. The molecule has 2 aliphatic heterocycles. The Kier molecular flexibility index (Phi) is 5.55. The molecule has 1 fully saturated rings. The van der Waals surface area contributed by atoms with Gasteiger partial charge in [0, 0.05) is 25.1 Å². The van der Waals surface area contributed by atoms with E-state index in [1.807, 2.05) is 32.0 Å². The summed E-state index contributed by atoms with van der Waals surface area (Å²) in [4.78, 5) is 0. The Morgan fingerprint density at radius 2 is 2.20 bits per heavy atom. The predicted octanol–water partition coefficient (Wildman–Crippen LogP) is 2.27. The highest BCUT2D eigenvalue weighted by atomic mass is 32.2. The number of hydrogen-bond acceptors (Lipinski definition) is 5.